The predicted octanol–water partition coefficient (Wildman–Crippen LogP) is 0.117. The quantitative estimate of drug-likeness (QED) is 0.806. The first-order valence-electron chi connectivity index (χ1n) is 6.77. The van der Waals surface area contributed by atoms with Gasteiger partial charge in [0, 0.05) is 12.6 Å². The van der Waals surface area contributed by atoms with E-state index in [0.717, 1.165) is 4.31 Å². The van der Waals surface area contributed by atoms with Gasteiger partial charge in [0.05, 0.1) is 13.2 Å². The van der Waals surface area contributed by atoms with Crippen molar-refractivity contribution in [3.63, 3.8) is 0 Å². The Balaban J connectivity index is 2.24. The number of benzene rings is 1. The van der Waals surface area contributed by atoms with Crippen LogP contribution in [0.4, 0.5) is 4.39 Å². The maximum atomic E-state index is 14.3. The Hall–Kier alpha value is -1.64. The van der Waals surface area contributed by atoms with Crippen molar-refractivity contribution in [2.75, 3.05) is 20.3 Å². The Morgan fingerprint density at radius 1 is 1.55 bits per heavy atom. The van der Waals surface area contributed by atoms with Crippen molar-refractivity contribution >= 4 is 10.0 Å². The summed E-state index contributed by atoms with van der Waals surface area (Å²) < 4.78 is 46.3. The lowest BCUT2D eigenvalue weighted by molar-refractivity contribution is 0.0562. The summed E-state index contributed by atoms with van der Waals surface area (Å²) in [7, 11) is -2.49. The minimum Gasteiger partial charge on any atom is -0.394 e. The van der Waals surface area contributed by atoms with E-state index in [1.807, 2.05) is 0 Å². The number of hydrogen-bond donors (Lipinski definition) is 2. The van der Waals surface area contributed by atoms with Crippen molar-refractivity contribution in [2.24, 2.45) is 0 Å². The first-order chi connectivity index (χ1) is 10.3. The molecule has 1 aromatic carbocycles. The van der Waals surface area contributed by atoms with Crippen LogP contribution in [0.1, 0.15) is 5.56 Å². The minimum atomic E-state index is -3.85. The average Bonchev–Trinajstić information content (AvgIpc) is 2.86. The molecule has 2 aliphatic rings. The number of rotatable bonds is 2. The zero-order valence-electron chi connectivity index (χ0n) is 12.0. The Bertz CT molecular complexity index is 723. The van der Waals surface area contributed by atoms with Crippen LogP contribution in [0.15, 0.2) is 36.7 Å². The van der Waals surface area contributed by atoms with E-state index in [9.17, 15) is 17.9 Å². The lowest BCUT2D eigenvalue weighted by Gasteiger charge is -2.45. The molecule has 0 bridgehead atoms. The summed E-state index contributed by atoms with van der Waals surface area (Å²) in [4.78, 5) is 0. The van der Waals surface area contributed by atoms with Crippen LogP contribution in [0.3, 0.4) is 0 Å². The second kappa shape index (κ2) is 4.94. The first kappa shape index (κ1) is 15.3. The van der Waals surface area contributed by atoms with E-state index in [1.165, 1.54) is 25.2 Å². The number of hydrogen-bond acceptors (Lipinski definition) is 5. The lowest BCUT2D eigenvalue weighted by Crippen LogP contribution is -2.64. The molecule has 120 valence electrons. The average molecular weight is 328 g/mol. The largest absolute Gasteiger partial charge is 0.394 e. The molecule has 2 fully saturated rings. The van der Waals surface area contributed by atoms with Crippen molar-refractivity contribution in [1.82, 2.24) is 9.62 Å². The predicted molar refractivity (Wildman–Crippen MR) is 77.7 cm³/mol. The number of fused-ring (bicyclic) bond motifs is 1. The number of nitrogens with zero attached hydrogens (tertiary/aromatic N) is 1. The highest BCUT2D eigenvalue weighted by atomic mass is 32.2. The highest BCUT2D eigenvalue weighted by molar-refractivity contribution is 7.90. The molecule has 0 saturated carbocycles. The number of halogens is 1. The van der Waals surface area contributed by atoms with Gasteiger partial charge in [-0.3, -0.25) is 4.31 Å². The van der Waals surface area contributed by atoms with Crippen LogP contribution in [0.2, 0.25) is 0 Å². The molecule has 22 heavy (non-hydrogen) atoms. The Morgan fingerprint density at radius 2 is 2.23 bits per heavy atom. The molecule has 1 aromatic rings. The van der Waals surface area contributed by atoms with E-state index in [2.05, 4.69) is 11.9 Å². The fourth-order valence-electron chi connectivity index (χ4n) is 3.21. The van der Waals surface area contributed by atoms with Crippen molar-refractivity contribution < 1.29 is 22.7 Å². The van der Waals surface area contributed by atoms with E-state index in [1.54, 1.807) is 6.07 Å². The van der Waals surface area contributed by atoms with E-state index in [-0.39, 0.29) is 18.0 Å². The molecular weight excluding hydrogens is 311 g/mol. The molecule has 2 aliphatic heterocycles. The number of sulfonamides is 1. The zero-order valence-corrected chi connectivity index (χ0v) is 12.8. The third-order valence-corrected chi connectivity index (χ3v) is 6.66. The van der Waals surface area contributed by atoms with Crippen LogP contribution >= 0.6 is 0 Å². The van der Waals surface area contributed by atoms with Crippen molar-refractivity contribution in [3.8, 4) is 0 Å². The summed E-state index contributed by atoms with van der Waals surface area (Å²) in [5.74, 6) is -0.392. The lowest BCUT2D eigenvalue weighted by atomic mass is 9.86. The van der Waals surface area contributed by atoms with Crippen LogP contribution < -0.4 is 5.32 Å². The molecule has 0 spiro atoms. The summed E-state index contributed by atoms with van der Waals surface area (Å²) in [5.41, 5.74) is -1.12. The third-order valence-electron chi connectivity index (χ3n) is 4.33. The third kappa shape index (κ3) is 1.87. The van der Waals surface area contributed by atoms with E-state index >= 15 is 0 Å². The van der Waals surface area contributed by atoms with Gasteiger partial charge in [0.2, 0.25) is 10.0 Å². The van der Waals surface area contributed by atoms with Crippen LogP contribution in [-0.4, -0.2) is 49.4 Å². The van der Waals surface area contributed by atoms with Gasteiger partial charge in [0.25, 0.3) is 0 Å². The van der Waals surface area contributed by atoms with Gasteiger partial charge in [-0.05, 0) is 6.07 Å². The van der Waals surface area contributed by atoms with Gasteiger partial charge < -0.3 is 15.2 Å². The van der Waals surface area contributed by atoms with E-state index in [0.29, 0.717) is 0 Å². The summed E-state index contributed by atoms with van der Waals surface area (Å²) in [6.45, 7) is 3.15. The molecule has 0 aliphatic carbocycles. The molecule has 0 amide bonds. The van der Waals surface area contributed by atoms with Crippen LogP contribution in [0, 0.1) is 5.82 Å². The summed E-state index contributed by atoms with van der Waals surface area (Å²) in [6.07, 6.45) is -0.937. The molecule has 0 aromatic heterocycles. The molecule has 2 N–H and O–H groups in total. The minimum absolute atomic E-state index is 0.0735. The summed E-state index contributed by atoms with van der Waals surface area (Å²) in [6, 6.07) is 5.95. The zero-order chi connectivity index (χ0) is 16.1. The normalized spacial score (nSPS) is 33.4. The van der Waals surface area contributed by atoms with Gasteiger partial charge in [0.1, 0.15) is 28.5 Å². The topological polar surface area (TPSA) is 78.9 Å². The number of aliphatic hydroxyl groups excluding tert-OH is 1. The SMILES string of the molecule is C=C1NC2(c3ccccc3F)COC(CO)C2S(=O)(=O)N1C. The Morgan fingerprint density at radius 3 is 2.86 bits per heavy atom. The fraction of sp³-hybridized carbons (Fsp3) is 0.429. The number of nitrogens with one attached hydrogen (secondary N) is 1. The van der Waals surface area contributed by atoms with E-state index < -0.39 is 39.3 Å². The van der Waals surface area contributed by atoms with Gasteiger partial charge in [0.15, 0.2) is 0 Å². The van der Waals surface area contributed by atoms with Gasteiger partial charge in [-0.1, -0.05) is 24.8 Å². The van der Waals surface area contributed by atoms with Gasteiger partial charge >= 0.3 is 0 Å². The van der Waals surface area contributed by atoms with Crippen molar-refractivity contribution in [2.45, 2.75) is 16.9 Å². The highest BCUT2D eigenvalue weighted by Gasteiger charge is 2.62. The van der Waals surface area contributed by atoms with Crippen LogP contribution in [0.5, 0.6) is 0 Å². The van der Waals surface area contributed by atoms with Crippen LogP contribution in [0.25, 0.3) is 0 Å². The Labute approximate surface area is 128 Å². The molecular formula is C14H17FN2O4S. The molecule has 0 radical (unpaired) electrons. The smallest absolute Gasteiger partial charge is 0.244 e. The molecule has 6 nitrogen and oxygen atoms in total. The number of ether oxygens (including phenoxy) is 1. The van der Waals surface area contributed by atoms with Crippen LogP contribution in [-0.2, 0) is 20.3 Å². The maximum absolute atomic E-state index is 14.3. The Kier molecular flexibility index (Phi) is 3.42. The fourth-order valence-corrected chi connectivity index (χ4v) is 5.21. The number of aliphatic hydroxyl groups is 1. The molecule has 8 heteroatoms. The van der Waals surface area contributed by atoms with Gasteiger partial charge in [-0.2, -0.15) is 0 Å². The van der Waals surface area contributed by atoms with Crippen molar-refractivity contribution in [1.29, 1.82) is 0 Å². The van der Waals surface area contributed by atoms with Crippen molar-refractivity contribution in [3.05, 3.63) is 48.0 Å². The second-order valence-corrected chi connectivity index (χ2v) is 7.57. The molecule has 3 atom stereocenters. The molecule has 3 rings (SSSR count). The highest BCUT2D eigenvalue weighted by Crippen LogP contribution is 2.44. The summed E-state index contributed by atoms with van der Waals surface area (Å²) in [5, 5.41) is 11.3. The first-order valence-corrected chi connectivity index (χ1v) is 8.27. The maximum Gasteiger partial charge on any atom is 0.244 e. The standard InChI is InChI=1S/C14H17FN2O4S/c1-9-16-14(10-5-3-4-6-11(10)15)8-21-12(7-18)13(14)22(19,20)17(9)2/h3-6,12-13,16,18H,1,7-8H2,2H3. The summed E-state index contributed by atoms with van der Waals surface area (Å²) >= 11 is 0. The van der Waals surface area contributed by atoms with E-state index in [4.69, 9.17) is 4.74 Å². The monoisotopic (exact) mass is 328 g/mol. The molecule has 2 heterocycles. The van der Waals surface area contributed by atoms with Gasteiger partial charge in [-0.25, -0.2) is 12.8 Å². The molecule has 2 saturated heterocycles. The second-order valence-electron chi connectivity index (χ2n) is 5.49. The molecule has 3 unspecified atom stereocenters. The van der Waals surface area contributed by atoms with Gasteiger partial charge in [-0.15, -0.1) is 0 Å².